The normalized spacial score (nSPS) is 24.6. The minimum Gasteiger partial charge on any atom is -0.298 e. The van der Waals surface area contributed by atoms with Gasteiger partial charge in [0.2, 0.25) is 0 Å². The summed E-state index contributed by atoms with van der Waals surface area (Å²) in [6.07, 6.45) is 3.04. The third kappa shape index (κ3) is 2.01. The van der Waals surface area contributed by atoms with E-state index in [-0.39, 0.29) is 0 Å². The Balaban J connectivity index is 1.96. The van der Waals surface area contributed by atoms with Gasteiger partial charge in [-0.25, -0.2) is 0 Å². The van der Waals surface area contributed by atoms with Gasteiger partial charge in [-0.3, -0.25) is 4.79 Å². The highest BCUT2D eigenvalue weighted by atomic mass is 32.2. The van der Waals surface area contributed by atoms with Gasteiger partial charge in [0.1, 0.15) is 5.78 Å². The van der Waals surface area contributed by atoms with E-state index in [0.29, 0.717) is 23.4 Å². The molecule has 1 saturated carbocycles. The molecule has 0 heterocycles. The smallest absolute Gasteiger partial charge is 0.146 e. The quantitative estimate of drug-likeness (QED) is 0.753. The molecule has 1 aliphatic rings. The molecule has 0 amide bonds. The second-order valence-corrected chi connectivity index (χ2v) is 4.62. The van der Waals surface area contributed by atoms with Crippen LogP contribution in [0.2, 0.25) is 0 Å². The summed E-state index contributed by atoms with van der Waals surface area (Å²) in [5, 5.41) is 0. The molecular formula is C12H14OS. The van der Waals surface area contributed by atoms with Crippen molar-refractivity contribution in [3.63, 3.8) is 0 Å². The molecule has 2 heteroatoms. The first kappa shape index (κ1) is 9.78. The number of benzene rings is 1. The molecule has 0 N–H and O–H groups in total. The Hall–Kier alpha value is -0.760. The highest BCUT2D eigenvalue weighted by Crippen LogP contribution is 2.48. The first-order chi connectivity index (χ1) is 6.83. The van der Waals surface area contributed by atoms with Crippen LogP contribution in [0, 0.1) is 5.92 Å². The van der Waals surface area contributed by atoms with Crippen LogP contribution in [0.4, 0.5) is 0 Å². The predicted molar refractivity (Wildman–Crippen MR) is 60.7 cm³/mol. The van der Waals surface area contributed by atoms with Crippen LogP contribution in [0.1, 0.15) is 17.9 Å². The lowest BCUT2D eigenvalue weighted by Crippen LogP contribution is -2.04. The molecule has 0 aliphatic heterocycles. The summed E-state index contributed by atoms with van der Waals surface area (Å²) in [7, 11) is 0. The maximum Gasteiger partial charge on any atom is 0.146 e. The molecule has 2 atom stereocenters. The maximum atomic E-state index is 11.6. The van der Waals surface area contributed by atoms with Crippen LogP contribution in [-0.2, 0) is 4.79 Å². The number of rotatable bonds is 4. The Morgan fingerprint density at radius 1 is 1.43 bits per heavy atom. The first-order valence-electron chi connectivity index (χ1n) is 4.89. The summed E-state index contributed by atoms with van der Waals surface area (Å²) in [5.74, 6) is 1.92. The van der Waals surface area contributed by atoms with Crippen molar-refractivity contribution >= 4 is 17.5 Å². The van der Waals surface area contributed by atoms with Crippen molar-refractivity contribution in [3.05, 3.63) is 35.9 Å². The molecule has 1 nitrogen and oxygen atoms in total. The number of thioether (sulfide) groups is 1. The third-order valence-corrected chi connectivity index (χ3v) is 3.29. The lowest BCUT2D eigenvalue weighted by atomic mass is 10.1. The van der Waals surface area contributed by atoms with Crippen molar-refractivity contribution in [2.24, 2.45) is 5.92 Å². The van der Waals surface area contributed by atoms with Gasteiger partial charge in [0.05, 0.1) is 5.75 Å². The zero-order valence-electron chi connectivity index (χ0n) is 8.27. The number of carbonyl (C=O) groups is 1. The molecule has 1 fully saturated rings. The van der Waals surface area contributed by atoms with Gasteiger partial charge < -0.3 is 0 Å². The van der Waals surface area contributed by atoms with E-state index in [4.69, 9.17) is 0 Å². The van der Waals surface area contributed by atoms with Gasteiger partial charge in [0.15, 0.2) is 0 Å². The summed E-state index contributed by atoms with van der Waals surface area (Å²) >= 11 is 1.63. The first-order valence-corrected chi connectivity index (χ1v) is 6.29. The summed E-state index contributed by atoms with van der Waals surface area (Å²) in [5.41, 5.74) is 1.33. The van der Waals surface area contributed by atoms with E-state index in [1.54, 1.807) is 11.8 Å². The van der Waals surface area contributed by atoms with Crippen LogP contribution in [0.5, 0.6) is 0 Å². The average molecular weight is 206 g/mol. The fraction of sp³-hybridized carbons (Fsp3) is 0.417. The third-order valence-electron chi connectivity index (χ3n) is 2.72. The molecular weight excluding hydrogens is 192 g/mol. The Morgan fingerprint density at radius 3 is 2.79 bits per heavy atom. The van der Waals surface area contributed by atoms with Gasteiger partial charge in [-0.2, -0.15) is 11.8 Å². The van der Waals surface area contributed by atoms with E-state index in [9.17, 15) is 4.79 Å². The molecule has 0 bridgehead atoms. The molecule has 2 unspecified atom stereocenters. The second-order valence-electron chi connectivity index (χ2n) is 3.76. The number of carbonyl (C=O) groups excluding carboxylic acids is 1. The van der Waals surface area contributed by atoms with Gasteiger partial charge in [0.25, 0.3) is 0 Å². The van der Waals surface area contributed by atoms with Crippen LogP contribution in [0.25, 0.3) is 0 Å². The van der Waals surface area contributed by atoms with E-state index in [1.165, 1.54) is 5.56 Å². The summed E-state index contributed by atoms with van der Waals surface area (Å²) < 4.78 is 0. The zero-order valence-corrected chi connectivity index (χ0v) is 9.09. The minimum absolute atomic E-state index is 0.310. The van der Waals surface area contributed by atoms with Gasteiger partial charge in [-0.1, -0.05) is 30.3 Å². The molecule has 0 aromatic heterocycles. The van der Waals surface area contributed by atoms with Gasteiger partial charge in [-0.05, 0) is 24.2 Å². The average Bonchev–Trinajstić information content (AvgIpc) is 2.99. The van der Waals surface area contributed by atoms with Gasteiger partial charge in [-0.15, -0.1) is 0 Å². The molecule has 1 aliphatic carbocycles. The highest BCUT2D eigenvalue weighted by Gasteiger charge is 2.42. The van der Waals surface area contributed by atoms with Crippen LogP contribution in [0.3, 0.4) is 0 Å². The molecule has 0 spiro atoms. The number of hydrogen-bond acceptors (Lipinski definition) is 2. The van der Waals surface area contributed by atoms with E-state index < -0.39 is 0 Å². The summed E-state index contributed by atoms with van der Waals surface area (Å²) in [6, 6.07) is 10.4. The predicted octanol–water partition coefficient (Wildman–Crippen LogP) is 2.72. The molecule has 74 valence electrons. The van der Waals surface area contributed by atoms with Crippen molar-refractivity contribution in [2.45, 2.75) is 12.3 Å². The number of ketones is 1. The molecule has 1 aromatic carbocycles. The largest absolute Gasteiger partial charge is 0.298 e. The van der Waals surface area contributed by atoms with Crippen LogP contribution in [-0.4, -0.2) is 17.8 Å². The van der Waals surface area contributed by atoms with Crippen LogP contribution in [0.15, 0.2) is 30.3 Å². The maximum absolute atomic E-state index is 11.6. The number of Topliss-reactive ketones (excluding diaryl/α,β-unsaturated/α-hetero) is 1. The van der Waals surface area contributed by atoms with Crippen LogP contribution >= 0.6 is 11.8 Å². The summed E-state index contributed by atoms with van der Waals surface area (Å²) in [6.45, 7) is 0. The van der Waals surface area contributed by atoms with E-state index in [1.807, 2.05) is 24.5 Å². The van der Waals surface area contributed by atoms with Gasteiger partial charge >= 0.3 is 0 Å². The van der Waals surface area contributed by atoms with Crippen molar-refractivity contribution in [1.29, 1.82) is 0 Å². The molecule has 0 saturated heterocycles. The Labute approximate surface area is 88.9 Å². The monoisotopic (exact) mass is 206 g/mol. The Kier molecular flexibility index (Phi) is 2.92. The minimum atomic E-state index is 0.310. The molecule has 1 aromatic rings. The van der Waals surface area contributed by atoms with E-state index in [0.717, 1.165) is 6.42 Å². The van der Waals surface area contributed by atoms with Crippen molar-refractivity contribution < 1.29 is 4.79 Å². The molecule has 0 radical (unpaired) electrons. The van der Waals surface area contributed by atoms with Gasteiger partial charge in [0, 0.05) is 5.92 Å². The fourth-order valence-electron chi connectivity index (χ4n) is 1.87. The standard InChI is InChI=1S/C12H14OS/c1-14-8-12(13)11-7-10(11)9-5-3-2-4-6-9/h2-6,10-11H,7-8H2,1H3. The lowest BCUT2D eigenvalue weighted by molar-refractivity contribution is -0.117. The second kappa shape index (κ2) is 4.18. The van der Waals surface area contributed by atoms with Crippen molar-refractivity contribution in [3.8, 4) is 0 Å². The topological polar surface area (TPSA) is 17.1 Å². The number of hydrogen-bond donors (Lipinski definition) is 0. The van der Waals surface area contributed by atoms with Crippen molar-refractivity contribution in [2.75, 3.05) is 12.0 Å². The highest BCUT2D eigenvalue weighted by molar-refractivity contribution is 7.99. The van der Waals surface area contributed by atoms with Crippen molar-refractivity contribution in [1.82, 2.24) is 0 Å². The van der Waals surface area contributed by atoms with E-state index in [2.05, 4.69) is 12.1 Å². The molecule has 14 heavy (non-hydrogen) atoms. The van der Waals surface area contributed by atoms with E-state index >= 15 is 0 Å². The fourth-order valence-corrected chi connectivity index (χ4v) is 2.37. The zero-order chi connectivity index (χ0) is 9.97. The SMILES string of the molecule is CSCC(=O)C1CC1c1ccccc1. The lowest BCUT2D eigenvalue weighted by Gasteiger charge is -1.98. The van der Waals surface area contributed by atoms with Crippen LogP contribution < -0.4 is 0 Å². The Bertz CT molecular complexity index is 320. The Morgan fingerprint density at radius 2 is 2.14 bits per heavy atom. The summed E-state index contributed by atoms with van der Waals surface area (Å²) in [4.78, 5) is 11.6. The molecule has 2 rings (SSSR count).